The van der Waals surface area contributed by atoms with E-state index in [9.17, 15) is 4.79 Å². The zero-order chi connectivity index (χ0) is 9.42. The van der Waals surface area contributed by atoms with E-state index in [-0.39, 0.29) is 5.91 Å². The number of piperazine rings is 1. The van der Waals surface area contributed by atoms with Crippen molar-refractivity contribution in [3.8, 4) is 0 Å². The van der Waals surface area contributed by atoms with Gasteiger partial charge in [-0.15, -0.1) is 0 Å². The van der Waals surface area contributed by atoms with Gasteiger partial charge in [-0.25, -0.2) is 0 Å². The van der Waals surface area contributed by atoms with Crippen LogP contribution in [0.15, 0.2) is 0 Å². The van der Waals surface area contributed by atoms with Gasteiger partial charge >= 0.3 is 0 Å². The van der Waals surface area contributed by atoms with Crippen LogP contribution in [0.2, 0.25) is 0 Å². The standard InChI is InChI=1S/C9H17N3O/c1-11-4-7-2-3-8(5-11)12(7)6-9(10)13/h7-8H,2-6H2,1H3,(H2,10,13). The Morgan fingerprint density at radius 1 is 1.38 bits per heavy atom. The summed E-state index contributed by atoms with van der Waals surface area (Å²) in [6.45, 7) is 2.62. The molecule has 2 heterocycles. The van der Waals surface area contributed by atoms with Crippen molar-refractivity contribution in [1.29, 1.82) is 0 Å². The first-order valence-electron chi connectivity index (χ1n) is 4.89. The number of primary amides is 1. The van der Waals surface area contributed by atoms with Crippen LogP contribution in [-0.2, 0) is 4.79 Å². The van der Waals surface area contributed by atoms with Gasteiger partial charge in [0.25, 0.3) is 0 Å². The third-order valence-electron chi connectivity index (χ3n) is 3.15. The summed E-state index contributed by atoms with van der Waals surface area (Å²) in [6.07, 6.45) is 2.45. The van der Waals surface area contributed by atoms with Gasteiger partial charge in [-0.1, -0.05) is 0 Å². The molecule has 0 aromatic carbocycles. The number of nitrogens with two attached hydrogens (primary N) is 1. The van der Waals surface area contributed by atoms with Crippen LogP contribution in [0.5, 0.6) is 0 Å². The fourth-order valence-corrected chi connectivity index (χ4v) is 2.64. The average Bonchev–Trinajstić information content (AvgIpc) is 2.32. The molecule has 2 aliphatic heterocycles. The number of fused-ring (bicyclic) bond motifs is 2. The first kappa shape index (κ1) is 8.97. The van der Waals surface area contributed by atoms with E-state index in [4.69, 9.17) is 5.73 Å². The first-order valence-corrected chi connectivity index (χ1v) is 4.89. The van der Waals surface area contributed by atoms with E-state index in [1.807, 2.05) is 0 Å². The molecule has 2 unspecified atom stereocenters. The second kappa shape index (κ2) is 3.27. The quantitative estimate of drug-likeness (QED) is 0.613. The molecule has 0 aromatic rings. The summed E-state index contributed by atoms with van der Waals surface area (Å²) in [4.78, 5) is 15.5. The van der Waals surface area contributed by atoms with E-state index in [1.165, 1.54) is 12.8 Å². The fourth-order valence-electron chi connectivity index (χ4n) is 2.64. The average molecular weight is 183 g/mol. The third-order valence-corrected chi connectivity index (χ3v) is 3.15. The number of amides is 1. The number of hydrogen-bond donors (Lipinski definition) is 1. The number of carbonyl (C=O) groups is 1. The van der Waals surface area contributed by atoms with E-state index >= 15 is 0 Å². The summed E-state index contributed by atoms with van der Waals surface area (Å²) in [7, 11) is 2.15. The molecule has 2 saturated heterocycles. The van der Waals surface area contributed by atoms with E-state index in [0.717, 1.165) is 13.1 Å². The molecule has 2 fully saturated rings. The van der Waals surface area contributed by atoms with Crippen LogP contribution >= 0.6 is 0 Å². The van der Waals surface area contributed by atoms with Crippen LogP contribution < -0.4 is 5.73 Å². The van der Waals surface area contributed by atoms with Gasteiger partial charge < -0.3 is 10.6 Å². The van der Waals surface area contributed by atoms with Gasteiger partial charge in [0, 0.05) is 25.2 Å². The van der Waals surface area contributed by atoms with E-state index in [0.29, 0.717) is 18.6 Å². The Balaban J connectivity index is 2.02. The zero-order valence-electron chi connectivity index (χ0n) is 8.07. The van der Waals surface area contributed by atoms with Gasteiger partial charge in [0.05, 0.1) is 6.54 Å². The number of rotatable bonds is 2. The number of nitrogens with zero attached hydrogens (tertiary/aromatic N) is 2. The molecule has 2 aliphatic rings. The molecule has 4 heteroatoms. The van der Waals surface area contributed by atoms with Crippen molar-refractivity contribution in [2.24, 2.45) is 5.73 Å². The lowest BCUT2D eigenvalue weighted by Gasteiger charge is -2.38. The summed E-state index contributed by atoms with van der Waals surface area (Å²) in [6, 6.07) is 1.13. The van der Waals surface area contributed by atoms with Gasteiger partial charge in [-0.05, 0) is 19.9 Å². The Hall–Kier alpha value is -0.610. The summed E-state index contributed by atoms with van der Waals surface area (Å²) in [5, 5.41) is 0. The first-order chi connectivity index (χ1) is 6.16. The van der Waals surface area contributed by atoms with Crippen molar-refractivity contribution in [1.82, 2.24) is 9.80 Å². The number of carbonyl (C=O) groups excluding carboxylic acids is 1. The lowest BCUT2D eigenvalue weighted by molar-refractivity contribution is -0.120. The van der Waals surface area contributed by atoms with Crippen molar-refractivity contribution in [3.05, 3.63) is 0 Å². The smallest absolute Gasteiger partial charge is 0.231 e. The molecule has 0 saturated carbocycles. The van der Waals surface area contributed by atoms with Crippen molar-refractivity contribution in [2.45, 2.75) is 24.9 Å². The Labute approximate surface area is 78.7 Å². The minimum atomic E-state index is -0.193. The SMILES string of the molecule is CN1CC2CCC(C1)N2CC(N)=O. The highest BCUT2D eigenvalue weighted by Gasteiger charge is 2.38. The summed E-state index contributed by atoms with van der Waals surface area (Å²) in [5.41, 5.74) is 5.22. The molecule has 2 N–H and O–H groups in total. The van der Waals surface area contributed by atoms with Crippen LogP contribution in [0.4, 0.5) is 0 Å². The van der Waals surface area contributed by atoms with Gasteiger partial charge in [0.2, 0.25) is 5.91 Å². The maximum Gasteiger partial charge on any atom is 0.231 e. The van der Waals surface area contributed by atoms with Crippen LogP contribution in [0.25, 0.3) is 0 Å². The molecule has 0 radical (unpaired) electrons. The van der Waals surface area contributed by atoms with Crippen LogP contribution in [-0.4, -0.2) is 54.5 Å². The topological polar surface area (TPSA) is 49.6 Å². The molecule has 0 spiro atoms. The van der Waals surface area contributed by atoms with Crippen molar-refractivity contribution < 1.29 is 4.79 Å². The molecule has 74 valence electrons. The Morgan fingerprint density at radius 2 is 1.92 bits per heavy atom. The second-order valence-corrected chi connectivity index (χ2v) is 4.24. The predicted octanol–water partition coefficient (Wildman–Crippen LogP) is -0.750. The molecular weight excluding hydrogens is 166 g/mol. The maximum atomic E-state index is 10.8. The highest BCUT2D eigenvalue weighted by molar-refractivity contribution is 5.76. The normalized spacial score (nSPS) is 35.2. The van der Waals surface area contributed by atoms with Gasteiger partial charge in [0.1, 0.15) is 0 Å². The Kier molecular flexibility index (Phi) is 2.26. The van der Waals surface area contributed by atoms with Crippen LogP contribution in [0.1, 0.15) is 12.8 Å². The highest BCUT2D eigenvalue weighted by atomic mass is 16.1. The van der Waals surface area contributed by atoms with E-state index in [2.05, 4.69) is 16.8 Å². The van der Waals surface area contributed by atoms with Crippen molar-refractivity contribution in [2.75, 3.05) is 26.7 Å². The summed E-state index contributed by atoms with van der Waals surface area (Å²) >= 11 is 0. The lowest BCUT2D eigenvalue weighted by Crippen LogP contribution is -2.54. The Morgan fingerprint density at radius 3 is 2.38 bits per heavy atom. The largest absolute Gasteiger partial charge is 0.369 e. The van der Waals surface area contributed by atoms with Gasteiger partial charge in [0.15, 0.2) is 0 Å². The number of likely N-dealkylation sites (N-methyl/N-ethyl adjacent to an activating group) is 1. The Bertz CT molecular complexity index is 205. The van der Waals surface area contributed by atoms with Gasteiger partial charge in [-0.2, -0.15) is 0 Å². The minimum absolute atomic E-state index is 0.193. The third kappa shape index (κ3) is 1.69. The van der Waals surface area contributed by atoms with Crippen LogP contribution in [0, 0.1) is 0 Å². The van der Waals surface area contributed by atoms with Crippen molar-refractivity contribution in [3.63, 3.8) is 0 Å². The maximum absolute atomic E-state index is 10.8. The number of hydrogen-bond acceptors (Lipinski definition) is 3. The molecule has 0 aromatic heterocycles. The zero-order valence-corrected chi connectivity index (χ0v) is 8.07. The predicted molar refractivity (Wildman–Crippen MR) is 50.2 cm³/mol. The fraction of sp³-hybridized carbons (Fsp3) is 0.889. The van der Waals surface area contributed by atoms with E-state index in [1.54, 1.807) is 0 Å². The molecule has 13 heavy (non-hydrogen) atoms. The van der Waals surface area contributed by atoms with Gasteiger partial charge in [-0.3, -0.25) is 9.69 Å². The summed E-state index contributed by atoms with van der Waals surface area (Å²) in [5.74, 6) is -0.193. The van der Waals surface area contributed by atoms with Crippen molar-refractivity contribution >= 4 is 5.91 Å². The van der Waals surface area contributed by atoms with Crippen LogP contribution in [0.3, 0.4) is 0 Å². The highest BCUT2D eigenvalue weighted by Crippen LogP contribution is 2.28. The molecule has 2 rings (SSSR count). The molecule has 4 nitrogen and oxygen atoms in total. The van der Waals surface area contributed by atoms with E-state index < -0.39 is 0 Å². The molecule has 0 aliphatic carbocycles. The molecular formula is C9H17N3O. The second-order valence-electron chi connectivity index (χ2n) is 4.24. The molecule has 1 amide bonds. The molecule has 2 bridgehead atoms. The lowest BCUT2D eigenvalue weighted by atomic mass is 10.2. The summed E-state index contributed by atoms with van der Waals surface area (Å²) < 4.78 is 0. The molecule has 2 atom stereocenters. The monoisotopic (exact) mass is 183 g/mol. The minimum Gasteiger partial charge on any atom is -0.369 e. The number of likely N-dealkylation sites (tertiary alicyclic amines) is 1.